The summed E-state index contributed by atoms with van der Waals surface area (Å²) in [4.78, 5) is 24.6. The van der Waals surface area contributed by atoms with Crippen LogP contribution in [0.25, 0.3) is 0 Å². The fraction of sp³-hybridized carbons (Fsp3) is 0.500. The minimum Gasteiger partial charge on any atom is -0.451 e. The first-order valence-corrected chi connectivity index (χ1v) is 5.28. The molecule has 7 heteroatoms. The second-order valence-electron chi connectivity index (χ2n) is 4.00. The predicted octanol–water partition coefficient (Wildman–Crippen LogP) is -0.761. The van der Waals surface area contributed by atoms with E-state index in [0.29, 0.717) is 18.7 Å². The second kappa shape index (κ2) is 4.44. The number of carbonyl (C=O) groups excluding carboxylic acids is 2. The first-order valence-electron chi connectivity index (χ1n) is 5.28. The molecule has 1 atom stereocenters. The van der Waals surface area contributed by atoms with Crippen LogP contribution in [0.4, 0.5) is 5.69 Å². The van der Waals surface area contributed by atoms with Gasteiger partial charge in [0, 0.05) is 26.2 Å². The summed E-state index contributed by atoms with van der Waals surface area (Å²) in [5, 5.41) is 3.86. The highest BCUT2D eigenvalue weighted by Crippen LogP contribution is 2.12. The van der Waals surface area contributed by atoms with Crippen LogP contribution in [-0.4, -0.2) is 46.3 Å². The summed E-state index contributed by atoms with van der Waals surface area (Å²) >= 11 is 0. The number of amides is 1. The van der Waals surface area contributed by atoms with Crippen LogP contribution in [0.1, 0.15) is 6.42 Å². The highest BCUT2D eigenvalue weighted by molar-refractivity contribution is 5.85. The number of likely N-dealkylation sites (N-methyl/N-ethyl adjacent to an activating group) is 1. The van der Waals surface area contributed by atoms with Crippen molar-refractivity contribution in [3.63, 3.8) is 0 Å². The Labute approximate surface area is 98.1 Å². The Morgan fingerprint density at radius 2 is 2.47 bits per heavy atom. The molecular formula is C10H14N4O3. The summed E-state index contributed by atoms with van der Waals surface area (Å²) in [6.07, 6.45) is 2.87. The van der Waals surface area contributed by atoms with Gasteiger partial charge in [-0.1, -0.05) is 0 Å². The lowest BCUT2D eigenvalue weighted by molar-refractivity contribution is -0.156. The van der Waals surface area contributed by atoms with Crippen LogP contribution >= 0.6 is 0 Å². The monoisotopic (exact) mass is 238 g/mol. The number of nitrogen functional groups attached to an aromatic ring is 1. The molecular weight excluding hydrogens is 224 g/mol. The molecule has 0 spiro atoms. The Hall–Kier alpha value is -2.05. The quantitative estimate of drug-likeness (QED) is 0.699. The lowest BCUT2D eigenvalue weighted by Gasteiger charge is -2.11. The van der Waals surface area contributed by atoms with E-state index in [-0.39, 0.29) is 12.5 Å². The summed E-state index contributed by atoms with van der Waals surface area (Å²) < 4.78 is 6.45. The molecule has 1 aromatic heterocycles. The summed E-state index contributed by atoms with van der Waals surface area (Å²) in [6, 6.07) is 0. The first-order chi connectivity index (χ1) is 8.06. The number of nitrogens with zero attached hydrogens (tertiary/aromatic N) is 3. The number of carbonyl (C=O) groups is 2. The van der Waals surface area contributed by atoms with Gasteiger partial charge in [-0.15, -0.1) is 0 Å². The highest BCUT2D eigenvalue weighted by Gasteiger charge is 2.32. The zero-order valence-electron chi connectivity index (χ0n) is 9.50. The van der Waals surface area contributed by atoms with Gasteiger partial charge in [0.05, 0.1) is 11.9 Å². The molecule has 17 heavy (non-hydrogen) atoms. The number of hydrogen-bond acceptors (Lipinski definition) is 5. The molecule has 0 radical (unpaired) electrons. The number of likely N-dealkylation sites (tertiary alicyclic amines) is 1. The van der Waals surface area contributed by atoms with Crippen molar-refractivity contribution >= 4 is 17.6 Å². The summed E-state index contributed by atoms with van der Waals surface area (Å²) in [6.45, 7) is 0.580. The van der Waals surface area contributed by atoms with Gasteiger partial charge >= 0.3 is 5.97 Å². The molecule has 1 aromatic rings. The van der Waals surface area contributed by atoms with Gasteiger partial charge in [-0.2, -0.15) is 5.10 Å². The van der Waals surface area contributed by atoms with E-state index in [4.69, 9.17) is 10.5 Å². The van der Waals surface area contributed by atoms with Crippen molar-refractivity contribution in [2.24, 2.45) is 0 Å². The van der Waals surface area contributed by atoms with Crippen molar-refractivity contribution in [1.29, 1.82) is 0 Å². The Morgan fingerprint density at radius 1 is 1.71 bits per heavy atom. The topological polar surface area (TPSA) is 90.4 Å². The zero-order valence-corrected chi connectivity index (χ0v) is 9.50. The van der Waals surface area contributed by atoms with Crippen molar-refractivity contribution in [2.45, 2.75) is 19.1 Å². The van der Waals surface area contributed by atoms with E-state index in [9.17, 15) is 9.59 Å². The van der Waals surface area contributed by atoms with E-state index in [2.05, 4.69) is 5.10 Å². The molecule has 1 unspecified atom stereocenters. The number of aromatic nitrogens is 2. The average molecular weight is 238 g/mol. The summed E-state index contributed by atoms with van der Waals surface area (Å²) in [5.74, 6) is -0.639. The van der Waals surface area contributed by atoms with Crippen LogP contribution in [0.15, 0.2) is 12.4 Å². The van der Waals surface area contributed by atoms with Crippen molar-refractivity contribution in [1.82, 2.24) is 14.7 Å². The molecule has 0 aromatic carbocycles. The Balaban J connectivity index is 1.88. The lowest BCUT2D eigenvalue weighted by Crippen LogP contribution is -2.30. The maximum absolute atomic E-state index is 11.5. The van der Waals surface area contributed by atoms with Crippen molar-refractivity contribution in [2.75, 3.05) is 19.3 Å². The van der Waals surface area contributed by atoms with Gasteiger partial charge in [-0.3, -0.25) is 14.3 Å². The average Bonchev–Trinajstić information content (AvgIpc) is 2.79. The SMILES string of the molecule is CN1CCC(OC(=O)Cn2cc(N)cn2)C1=O. The number of rotatable bonds is 3. The third-order valence-corrected chi connectivity index (χ3v) is 2.60. The normalized spacial score (nSPS) is 19.7. The summed E-state index contributed by atoms with van der Waals surface area (Å²) in [7, 11) is 1.68. The maximum Gasteiger partial charge on any atom is 0.328 e. The standard InChI is InChI=1S/C10H14N4O3/c1-13-3-2-8(10(13)16)17-9(15)6-14-5-7(11)4-12-14/h4-5,8H,2-3,6,11H2,1H3. The Kier molecular flexibility index (Phi) is 2.99. The Morgan fingerprint density at radius 3 is 3.00 bits per heavy atom. The third kappa shape index (κ3) is 2.55. The molecule has 0 aliphatic carbocycles. The number of nitrogens with two attached hydrogens (primary N) is 1. The molecule has 2 N–H and O–H groups in total. The fourth-order valence-electron chi connectivity index (χ4n) is 1.69. The molecule has 1 amide bonds. The van der Waals surface area contributed by atoms with Crippen LogP contribution in [-0.2, 0) is 20.9 Å². The second-order valence-corrected chi connectivity index (χ2v) is 4.00. The molecule has 0 saturated carbocycles. The number of hydrogen-bond donors (Lipinski definition) is 1. The Bertz CT molecular complexity index is 443. The molecule has 0 bridgehead atoms. The van der Waals surface area contributed by atoms with E-state index in [1.54, 1.807) is 11.9 Å². The van der Waals surface area contributed by atoms with Crippen LogP contribution < -0.4 is 5.73 Å². The van der Waals surface area contributed by atoms with Crippen LogP contribution in [0.3, 0.4) is 0 Å². The van der Waals surface area contributed by atoms with Crippen LogP contribution in [0.2, 0.25) is 0 Å². The van der Waals surface area contributed by atoms with Gasteiger partial charge in [0.25, 0.3) is 5.91 Å². The molecule has 1 aliphatic rings. The van der Waals surface area contributed by atoms with Gasteiger partial charge in [0.1, 0.15) is 6.54 Å². The first kappa shape index (κ1) is 11.4. The number of esters is 1. The van der Waals surface area contributed by atoms with Crippen molar-refractivity contribution in [3.05, 3.63) is 12.4 Å². The van der Waals surface area contributed by atoms with Crippen LogP contribution in [0, 0.1) is 0 Å². The largest absolute Gasteiger partial charge is 0.451 e. The molecule has 2 rings (SSSR count). The van der Waals surface area contributed by atoms with Gasteiger partial charge in [-0.05, 0) is 0 Å². The molecule has 1 fully saturated rings. The van der Waals surface area contributed by atoms with E-state index < -0.39 is 12.1 Å². The summed E-state index contributed by atoms with van der Waals surface area (Å²) in [5.41, 5.74) is 5.94. The highest BCUT2D eigenvalue weighted by atomic mass is 16.5. The van der Waals surface area contributed by atoms with Crippen LogP contribution in [0.5, 0.6) is 0 Å². The zero-order chi connectivity index (χ0) is 12.4. The minimum absolute atomic E-state index is 0.0370. The van der Waals surface area contributed by atoms with Crippen molar-refractivity contribution < 1.29 is 14.3 Å². The minimum atomic E-state index is -0.652. The number of anilines is 1. The molecule has 1 aliphatic heterocycles. The molecule has 1 saturated heterocycles. The maximum atomic E-state index is 11.5. The van der Waals surface area contributed by atoms with Gasteiger partial charge in [0.2, 0.25) is 0 Å². The van der Waals surface area contributed by atoms with E-state index in [0.717, 1.165) is 0 Å². The third-order valence-electron chi connectivity index (χ3n) is 2.60. The van der Waals surface area contributed by atoms with Gasteiger partial charge in [-0.25, -0.2) is 0 Å². The molecule has 2 heterocycles. The molecule has 92 valence electrons. The van der Waals surface area contributed by atoms with Gasteiger partial charge in [0.15, 0.2) is 6.10 Å². The van der Waals surface area contributed by atoms with Crippen molar-refractivity contribution in [3.8, 4) is 0 Å². The molecule has 7 nitrogen and oxygen atoms in total. The van der Waals surface area contributed by atoms with E-state index in [1.165, 1.54) is 17.1 Å². The fourth-order valence-corrected chi connectivity index (χ4v) is 1.69. The van der Waals surface area contributed by atoms with E-state index >= 15 is 0 Å². The smallest absolute Gasteiger partial charge is 0.328 e. The van der Waals surface area contributed by atoms with Gasteiger partial charge < -0.3 is 15.4 Å². The van der Waals surface area contributed by atoms with E-state index in [1.807, 2.05) is 0 Å². The predicted molar refractivity (Wildman–Crippen MR) is 58.8 cm³/mol. The lowest BCUT2D eigenvalue weighted by atomic mass is 10.3. The number of ether oxygens (including phenoxy) is 1.